The van der Waals surface area contributed by atoms with Crippen LogP contribution in [0.15, 0.2) is 22.7 Å². The highest BCUT2D eigenvalue weighted by atomic mass is 79.9. The SMILES string of the molecule is CC1CN(Cc2ccc(Br)c(F)c2)CC(C)N1.Cl. The molecule has 0 spiro atoms. The average Bonchev–Trinajstić information content (AvgIpc) is 2.22. The first-order valence-corrected chi connectivity index (χ1v) is 6.76. The third-order valence-corrected chi connectivity index (χ3v) is 3.67. The molecule has 1 saturated heterocycles. The third-order valence-electron chi connectivity index (χ3n) is 3.02. The van der Waals surface area contributed by atoms with Gasteiger partial charge in [-0.3, -0.25) is 4.90 Å². The molecule has 102 valence electrons. The first-order valence-electron chi connectivity index (χ1n) is 5.97. The molecule has 1 aliphatic heterocycles. The van der Waals surface area contributed by atoms with Crippen molar-refractivity contribution >= 4 is 28.3 Å². The fourth-order valence-electron chi connectivity index (χ4n) is 2.47. The molecule has 0 radical (unpaired) electrons. The van der Waals surface area contributed by atoms with Crippen LogP contribution >= 0.6 is 28.3 Å². The molecule has 0 amide bonds. The molecule has 1 heterocycles. The van der Waals surface area contributed by atoms with Gasteiger partial charge < -0.3 is 5.32 Å². The van der Waals surface area contributed by atoms with Gasteiger partial charge in [0.2, 0.25) is 0 Å². The van der Waals surface area contributed by atoms with Crippen LogP contribution in [0.4, 0.5) is 4.39 Å². The van der Waals surface area contributed by atoms with Crippen LogP contribution in [0.25, 0.3) is 0 Å². The number of nitrogens with one attached hydrogen (secondary N) is 1. The Morgan fingerprint density at radius 2 is 1.94 bits per heavy atom. The minimum atomic E-state index is -0.182. The van der Waals surface area contributed by atoms with E-state index in [0.29, 0.717) is 16.6 Å². The van der Waals surface area contributed by atoms with Gasteiger partial charge in [0.05, 0.1) is 4.47 Å². The Morgan fingerprint density at radius 1 is 1.33 bits per heavy atom. The summed E-state index contributed by atoms with van der Waals surface area (Å²) < 4.78 is 13.9. The molecule has 0 bridgehead atoms. The van der Waals surface area contributed by atoms with Crippen molar-refractivity contribution in [1.82, 2.24) is 10.2 Å². The van der Waals surface area contributed by atoms with Crippen LogP contribution in [0.1, 0.15) is 19.4 Å². The lowest BCUT2D eigenvalue weighted by atomic mass is 10.1. The van der Waals surface area contributed by atoms with E-state index >= 15 is 0 Å². The molecular formula is C13H19BrClFN2. The molecule has 18 heavy (non-hydrogen) atoms. The second-order valence-corrected chi connectivity index (χ2v) is 5.77. The van der Waals surface area contributed by atoms with E-state index in [0.717, 1.165) is 25.2 Å². The van der Waals surface area contributed by atoms with Crippen LogP contribution in [-0.2, 0) is 6.54 Å². The highest BCUT2D eigenvalue weighted by Gasteiger charge is 2.20. The van der Waals surface area contributed by atoms with E-state index in [9.17, 15) is 4.39 Å². The van der Waals surface area contributed by atoms with Crippen LogP contribution in [0.5, 0.6) is 0 Å². The van der Waals surface area contributed by atoms with Crippen molar-refractivity contribution in [3.05, 3.63) is 34.1 Å². The van der Waals surface area contributed by atoms with Crippen molar-refractivity contribution < 1.29 is 4.39 Å². The van der Waals surface area contributed by atoms with Gasteiger partial charge in [-0.15, -0.1) is 12.4 Å². The van der Waals surface area contributed by atoms with Gasteiger partial charge in [-0.25, -0.2) is 4.39 Å². The first-order chi connectivity index (χ1) is 8.04. The first kappa shape index (κ1) is 15.9. The van der Waals surface area contributed by atoms with Gasteiger partial charge in [0, 0.05) is 31.7 Å². The minimum absolute atomic E-state index is 0. The Bertz CT molecular complexity index is 393. The Labute approximate surface area is 122 Å². The van der Waals surface area contributed by atoms with Crippen molar-refractivity contribution in [3.63, 3.8) is 0 Å². The lowest BCUT2D eigenvalue weighted by Gasteiger charge is -2.36. The average molecular weight is 338 g/mol. The van der Waals surface area contributed by atoms with Crippen molar-refractivity contribution in [2.45, 2.75) is 32.5 Å². The zero-order chi connectivity index (χ0) is 12.4. The summed E-state index contributed by atoms with van der Waals surface area (Å²) in [5.74, 6) is -0.182. The second-order valence-electron chi connectivity index (χ2n) is 4.91. The van der Waals surface area contributed by atoms with Gasteiger partial charge in [0.15, 0.2) is 0 Å². The minimum Gasteiger partial charge on any atom is -0.309 e. The molecule has 2 unspecified atom stereocenters. The summed E-state index contributed by atoms with van der Waals surface area (Å²) in [5.41, 5.74) is 1.03. The number of hydrogen-bond acceptors (Lipinski definition) is 2. The summed E-state index contributed by atoms with van der Waals surface area (Å²) in [6.07, 6.45) is 0. The van der Waals surface area contributed by atoms with E-state index in [1.165, 1.54) is 0 Å². The maximum Gasteiger partial charge on any atom is 0.137 e. The molecule has 0 aliphatic carbocycles. The smallest absolute Gasteiger partial charge is 0.137 e. The third kappa shape index (κ3) is 4.19. The quantitative estimate of drug-likeness (QED) is 0.891. The molecule has 1 aromatic carbocycles. The van der Waals surface area contributed by atoms with Crippen molar-refractivity contribution in [3.8, 4) is 0 Å². The molecular weight excluding hydrogens is 319 g/mol. The van der Waals surface area contributed by atoms with Crippen molar-refractivity contribution in [2.75, 3.05) is 13.1 Å². The Kier molecular flexibility index (Phi) is 6.05. The maximum atomic E-state index is 13.4. The molecule has 5 heteroatoms. The number of piperazine rings is 1. The van der Waals surface area contributed by atoms with Gasteiger partial charge in [-0.1, -0.05) is 6.07 Å². The lowest BCUT2D eigenvalue weighted by molar-refractivity contribution is 0.166. The van der Waals surface area contributed by atoms with Gasteiger partial charge in [0.1, 0.15) is 5.82 Å². The Hall–Kier alpha value is -0.160. The summed E-state index contributed by atoms with van der Waals surface area (Å²) in [4.78, 5) is 2.37. The van der Waals surface area contributed by atoms with E-state index in [2.05, 4.69) is 40.0 Å². The number of hydrogen-bond donors (Lipinski definition) is 1. The van der Waals surface area contributed by atoms with Gasteiger partial charge in [-0.05, 0) is 47.5 Å². The van der Waals surface area contributed by atoms with Crippen LogP contribution in [0.3, 0.4) is 0 Å². The predicted molar refractivity (Wildman–Crippen MR) is 78.7 cm³/mol. The summed E-state index contributed by atoms with van der Waals surface area (Å²) in [7, 11) is 0. The van der Waals surface area contributed by atoms with E-state index in [1.54, 1.807) is 12.1 Å². The van der Waals surface area contributed by atoms with E-state index in [4.69, 9.17) is 0 Å². The van der Waals surface area contributed by atoms with Crippen molar-refractivity contribution in [2.24, 2.45) is 0 Å². The molecule has 1 aromatic rings. The number of benzene rings is 1. The zero-order valence-electron chi connectivity index (χ0n) is 10.6. The Morgan fingerprint density at radius 3 is 2.50 bits per heavy atom. The molecule has 0 saturated carbocycles. The molecule has 2 rings (SSSR count). The summed E-state index contributed by atoms with van der Waals surface area (Å²) >= 11 is 3.18. The molecule has 2 nitrogen and oxygen atoms in total. The number of rotatable bonds is 2. The summed E-state index contributed by atoms with van der Waals surface area (Å²) in [5, 5.41) is 3.49. The summed E-state index contributed by atoms with van der Waals surface area (Å²) in [6.45, 7) is 7.22. The molecule has 1 N–H and O–H groups in total. The lowest BCUT2D eigenvalue weighted by Crippen LogP contribution is -2.53. The van der Waals surface area contributed by atoms with Crippen LogP contribution in [-0.4, -0.2) is 30.1 Å². The second kappa shape index (κ2) is 6.85. The number of nitrogens with zero attached hydrogens (tertiary/aromatic N) is 1. The van der Waals surface area contributed by atoms with E-state index in [1.807, 2.05) is 6.07 Å². The van der Waals surface area contributed by atoms with Gasteiger partial charge >= 0.3 is 0 Å². The fraction of sp³-hybridized carbons (Fsp3) is 0.538. The topological polar surface area (TPSA) is 15.3 Å². The fourth-order valence-corrected chi connectivity index (χ4v) is 2.71. The molecule has 0 aromatic heterocycles. The standard InChI is InChI=1S/C13H18BrFN2.ClH/c1-9-6-17(7-10(2)16-9)8-11-3-4-12(14)13(15)5-11;/h3-5,9-10,16H,6-8H2,1-2H3;1H. The molecule has 2 atom stereocenters. The summed E-state index contributed by atoms with van der Waals surface area (Å²) in [6, 6.07) is 6.37. The number of halogens is 3. The van der Waals surface area contributed by atoms with Crippen LogP contribution in [0, 0.1) is 5.82 Å². The van der Waals surface area contributed by atoms with Gasteiger partial charge in [0.25, 0.3) is 0 Å². The highest BCUT2D eigenvalue weighted by molar-refractivity contribution is 9.10. The zero-order valence-corrected chi connectivity index (χ0v) is 13.0. The monoisotopic (exact) mass is 336 g/mol. The van der Waals surface area contributed by atoms with E-state index in [-0.39, 0.29) is 18.2 Å². The van der Waals surface area contributed by atoms with Gasteiger partial charge in [-0.2, -0.15) is 0 Å². The molecule has 1 fully saturated rings. The van der Waals surface area contributed by atoms with Crippen LogP contribution < -0.4 is 5.32 Å². The highest BCUT2D eigenvalue weighted by Crippen LogP contribution is 2.18. The van der Waals surface area contributed by atoms with Crippen molar-refractivity contribution in [1.29, 1.82) is 0 Å². The largest absolute Gasteiger partial charge is 0.309 e. The normalized spacial score (nSPS) is 24.7. The van der Waals surface area contributed by atoms with Crippen LogP contribution in [0.2, 0.25) is 0 Å². The Balaban J connectivity index is 0.00000162. The maximum absolute atomic E-state index is 13.4. The molecule has 1 aliphatic rings. The predicted octanol–water partition coefficient (Wildman–Crippen LogP) is 3.19. The van der Waals surface area contributed by atoms with E-state index < -0.39 is 0 Å².